The molecule has 2 rings (SSSR count). The molecule has 1 aromatic rings. The molecule has 1 aromatic carbocycles. The zero-order chi connectivity index (χ0) is 11.1. The Morgan fingerprint density at radius 1 is 1.40 bits per heavy atom. The number of rotatable bonds is 2. The van der Waals surface area contributed by atoms with Crippen molar-refractivity contribution in [3.05, 3.63) is 35.4 Å². The topological polar surface area (TPSA) is 37.3 Å². The van der Waals surface area contributed by atoms with Crippen LogP contribution < -0.4 is 0 Å². The van der Waals surface area contributed by atoms with E-state index in [4.69, 9.17) is 0 Å². The van der Waals surface area contributed by atoms with Crippen LogP contribution in [0.1, 0.15) is 37.3 Å². The molecule has 0 fully saturated rings. The SMILES string of the molecule is CC(C)(C(=O)O)C1CCc2ccccc21. The highest BCUT2D eigenvalue weighted by Gasteiger charge is 2.40. The van der Waals surface area contributed by atoms with Crippen LogP contribution in [-0.2, 0) is 11.2 Å². The Hall–Kier alpha value is -1.31. The monoisotopic (exact) mass is 204 g/mol. The van der Waals surface area contributed by atoms with Gasteiger partial charge in [0.2, 0.25) is 0 Å². The summed E-state index contributed by atoms with van der Waals surface area (Å²) in [5.74, 6) is -0.546. The number of fused-ring (bicyclic) bond motifs is 1. The molecular formula is C13H16O2. The van der Waals surface area contributed by atoms with Crippen molar-refractivity contribution in [3.8, 4) is 0 Å². The third-order valence-electron chi connectivity index (χ3n) is 3.56. The quantitative estimate of drug-likeness (QED) is 0.804. The van der Waals surface area contributed by atoms with Gasteiger partial charge in [-0.1, -0.05) is 24.3 Å². The van der Waals surface area contributed by atoms with Crippen molar-refractivity contribution in [2.45, 2.75) is 32.6 Å². The Morgan fingerprint density at radius 3 is 2.73 bits per heavy atom. The maximum Gasteiger partial charge on any atom is 0.309 e. The number of aliphatic carboxylic acids is 1. The molecule has 1 N–H and O–H groups in total. The molecule has 1 aliphatic carbocycles. The number of carbonyl (C=O) groups is 1. The second kappa shape index (κ2) is 3.37. The molecule has 2 nitrogen and oxygen atoms in total. The van der Waals surface area contributed by atoms with Gasteiger partial charge in [-0.3, -0.25) is 4.79 Å². The van der Waals surface area contributed by atoms with Gasteiger partial charge in [0.05, 0.1) is 5.41 Å². The lowest BCUT2D eigenvalue weighted by Crippen LogP contribution is -2.30. The average molecular weight is 204 g/mol. The maximum absolute atomic E-state index is 11.2. The number of carboxylic acid groups (broad SMARTS) is 1. The molecule has 80 valence electrons. The van der Waals surface area contributed by atoms with Gasteiger partial charge in [-0.2, -0.15) is 0 Å². The van der Waals surface area contributed by atoms with E-state index in [1.807, 2.05) is 26.0 Å². The van der Waals surface area contributed by atoms with Gasteiger partial charge >= 0.3 is 5.97 Å². The minimum atomic E-state index is -0.704. The molecule has 15 heavy (non-hydrogen) atoms. The number of carboxylic acids is 1. The summed E-state index contributed by atoms with van der Waals surface area (Å²) in [5, 5.41) is 9.23. The van der Waals surface area contributed by atoms with Gasteiger partial charge in [0, 0.05) is 5.92 Å². The second-order valence-corrected chi connectivity index (χ2v) is 4.82. The minimum absolute atomic E-state index is 0.159. The summed E-state index contributed by atoms with van der Waals surface area (Å²) in [6.45, 7) is 3.64. The van der Waals surface area contributed by atoms with Crippen molar-refractivity contribution in [1.29, 1.82) is 0 Å². The number of hydrogen-bond donors (Lipinski definition) is 1. The first-order valence-electron chi connectivity index (χ1n) is 5.34. The second-order valence-electron chi connectivity index (χ2n) is 4.82. The predicted octanol–water partition coefficient (Wildman–Crippen LogP) is 2.83. The number of benzene rings is 1. The maximum atomic E-state index is 11.2. The zero-order valence-electron chi connectivity index (χ0n) is 9.16. The lowest BCUT2D eigenvalue weighted by molar-refractivity contribution is -0.148. The van der Waals surface area contributed by atoms with Crippen molar-refractivity contribution in [1.82, 2.24) is 0 Å². The zero-order valence-corrected chi connectivity index (χ0v) is 9.16. The highest BCUT2D eigenvalue weighted by molar-refractivity contribution is 5.75. The van der Waals surface area contributed by atoms with Gasteiger partial charge in [-0.05, 0) is 37.8 Å². The first-order valence-corrected chi connectivity index (χ1v) is 5.34. The molecule has 1 atom stereocenters. The molecule has 0 aromatic heterocycles. The van der Waals surface area contributed by atoms with Crippen molar-refractivity contribution < 1.29 is 9.90 Å². The van der Waals surface area contributed by atoms with Gasteiger partial charge in [0.1, 0.15) is 0 Å². The predicted molar refractivity (Wildman–Crippen MR) is 58.9 cm³/mol. The van der Waals surface area contributed by atoms with Crippen LogP contribution in [-0.4, -0.2) is 11.1 Å². The van der Waals surface area contributed by atoms with Crippen LogP contribution >= 0.6 is 0 Å². The van der Waals surface area contributed by atoms with Crippen LogP contribution in [0.15, 0.2) is 24.3 Å². The number of aryl methyl sites for hydroxylation is 1. The van der Waals surface area contributed by atoms with Gasteiger partial charge in [0.25, 0.3) is 0 Å². The lowest BCUT2D eigenvalue weighted by Gasteiger charge is -2.27. The highest BCUT2D eigenvalue weighted by atomic mass is 16.4. The molecule has 0 heterocycles. The van der Waals surface area contributed by atoms with E-state index in [0.29, 0.717) is 0 Å². The Morgan fingerprint density at radius 2 is 2.07 bits per heavy atom. The Bertz CT molecular complexity index is 393. The molecule has 2 heteroatoms. The molecule has 1 aliphatic rings. The van der Waals surface area contributed by atoms with E-state index in [0.717, 1.165) is 12.8 Å². The van der Waals surface area contributed by atoms with Gasteiger partial charge < -0.3 is 5.11 Å². The molecular weight excluding hydrogens is 188 g/mol. The summed E-state index contributed by atoms with van der Waals surface area (Å²) in [6, 6.07) is 8.19. The Balaban J connectivity index is 2.39. The van der Waals surface area contributed by atoms with Crippen molar-refractivity contribution in [2.75, 3.05) is 0 Å². The van der Waals surface area contributed by atoms with E-state index in [1.165, 1.54) is 11.1 Å². The summed E-state index contributed by atoms with van der Waals surface area (Å²) < 4.78 is 0. The van der Waals surface area contributed by atoms with Gasteiger partial charge in [0.15, 0.2) is 0 Å². The van der Waals surface area contributed by atoms with Crippen LogP contribution in [0.3, 0.4) is 0 Å². The largest absolute Gasteiger partial charge is 0.481 e. The molecule has 0 bridgehead atoms. The fourth-order valence-electron chi connectivity index (χ4n) is 2.46. The Labute approximate surface area is 89.9 Å². The molecule has 0 spiro atoms. The summed E-state index contributed by atoms with van der Waals surface area (Å²) in [7, 11) is 0. The molecule has 0 radical (unpaired) electrons. The summed E-state index contributed by atoms with van der Waals surface area (Å²) in [4.78, 5) is 11.2. The van der Waals surface area contributed by atoms with E-state index in [1.54, 1.807) is 0 Å². The Kier molecular flexibility index (Phi) is 2.29. The van der Waals surface area contributed by atoms with E-state index in [-0.39, 0.29) is 5.92 Å². The normalized spacial score (nSPS) is 20.0. The van der Waals surface area contributed by atoms with Crippen LogP contribution in [0.25, 0.3) is 0 Å². The molecule has 1 unspecified atom stereocenters. The summed E-state index contributed by atoms with van der Waals surface area (Å²) >= 11 is 0. The van der Waals surface area contributed by atoms with Crippen LogP contribution in [0.4, 0.5) is 0 Å². The van der Waals surface area contributed by atoms with Gasteiger partial charge in [-0.15, -0.1) is 0 Å². The fraction of sp³-hybridized carbons (Fsp3) is 0.462. The smallest absolute Gasteiger partial charge is 0.309 e. The first kappa shape index (κ1) is 10.2. The van der Waals surface area contributed by atoms with E-state index in [9.17, 15) is 9.90 Å². The summed E-state index contributed by atoms with van der Waals surface area (Å²) in [5.41, 5.74) is 1.88. The highest BCUT2D eigenvalue weighted by Crippen LogP contribution is 2.44. The van der Waals surface area contributed by atoms with E-state index in [2.05, 4.69) is 12.1 Å². The van der Waals surface area contributed by atoms with Gasteiger partial charge in [-0.25, -0.2) is 0 Å². The van der Waals surface area contributed by atoms with Crippen molar-refractivity contribution in [3.63, 3.8) is 0 Å². The van der Waals surface area contributed by atoms with Crippen LogP contribution in [0, 0.1) is 5.41 Å². The van der Waals surface area contributed by atoms with Crippen LogP contribution in [0.5, 0.6) is 0 Å². The van der Waals surface area contributed by atoms with Crippen molar-refractivity contribution in [2.24, 2.45) is 5.41 Å². The molecule has 0 saturated carbocycles. The summed E-state index contributed by atoms with van der Waals surface area (Å²) in [6.07, 6.45) is 1.97. The third kappa shape index (κ3) is 1.54. The number of hydrogen-bond acceptors (Lipinski definition) is 1. The van der Waals surface area contributed by atoms with Crippen LogP contribution in [0.2, 0.25) is 0 Å². The fourth-order valence-corrected chi connectivity index (χ4v) is 2.46. The third-order valence-corrected chi connectivity index (χ3v) is 3.56. The average Bonchev–Trinajstić information content (AvgIpc) is 2.61. The van der Waals surface area contributed by atoms with Crippen molar-refractivity contribution >= 4 is 5.97 Å². The van der Waals surface area contributed by atoms with E-state index < -0.39 is 11.4 Å². The minimum Gasteiger partial charge on any atom is -0.481 e. The van der Waals surface area contributed by atoms with E-state index >= 15 is 0 Å². The molecule has 0 saturated heterocycles. The first-order chi connectivity index (χ1) is 7.03. The standard InChI is InChI=1S/C13H16O2/c1-13(2,12(14)15)11-8-7-9-5-3-4-6-10(9)11/h3-6,11H,7-8H2,1-2H3,(H,14,15). The lowest BCUT2D eigenvalue weighted by atomic mass is 9.76. The molecule has 0 amide bonds. The molecule has 0 aliphatic heterocycles.